The Hall–Kier alpha value is -1.96. The van der Waals surface area contributed by atoms with Crippen LogP contribution in [0.5, 0.6) is 0 Å². The van der Waals surface area contributed by atoms with Crippen LogP contribution >= 0.6 is 0 Å². The molecule has 2 saturated carbocycles. The first-order valence-corrected chi connectivity index (χ1v) is 13.8. The lowest BCUT2D eigenvalue weighted by Crippen LogP contribution is -2.30. The van der Waals surface area contributed by atoms with E-state index < -0.39 is 11.6 Å². The number of unbranched alkanes of at least 4 members (excludes halogenated alkanes) is 2. The largest absolute Gasteiger partial charge is 0.206 e. The van der Waals surface area contributed by atoms with Gasteiger partial charge in [-0.05, 0) is 104 Å². The third-order valence-corrected chi connectivity index (χ3v) is 8.55. The molecule has 34 heavy (non-hydrogen) atoms. The minimum atomic E-state index is -0.418. The smallest absolute Gasteiger partial charge is 0.134 e. The highest BCUT2D eigenvalue weighted by molar-refractivity contribution is 5.65. The van der Waals surface area contributed by atoms with Gasteiger partial charge < -0.3 is 0 Å². The Balaban J connectivity index is 1.40. The molecule has 2 aromatic rings. The van der Waals surface area contributed by atoms with E-state index in [1.165, 1.54) is 56.9 Å². The van der Waals surface area contributed by atoms with Crippen LogP contribution < -0.4 is 0 Å². The highest BCUT2D eigenvalue weighted by Gasteiger charge is 2.36. The van der Waals surface area contributed by atoms with Gasteiger partial charge in [0.15, 0.2) is 0 Å². The molecule has 0 heterocycles. The molecule has 4 rings (SSSR count). The Morgan fingerprint density at radius 2 is 1.59 bits per heavy atom. The molecule has 0 aliphatic heterocycles. The van der Waals surface area contributed by atoms with Crippen molar-refractivity contribution >= 4 is 0 Å². The lowest BCUT2D eigenvalue weighted by Gasteiger charge is -2.42. The van der Waals surface area contributed by atoms with Gasteiger partial charge in [-0.15, -0.1) is 0 Å². The maximum absolute atomic E-state index is 15.2. The minimum Gasteiger partial charge on any atom is -0.206 e. The summed E-state index contributed by atoms with van der Waals surface area (Å²) in [5, 5.41) is 0. The van der Waals surface area contributed by atoms with Crippen LogP contribution in [-0.4, -0.2) is 0 Å². The van der Waals surface area contributed by atoms with Gasteiger partial charge in [-0.1, -0.05) is 75.4 Å². The topological polar surface area (TPSA) is 0 Å². The van der Waals surface area contributed by atoms with Crippen LogP contribution in [0.15, 0.2) is 48.6 Å². The highest BCUT2D eigenvalue weighted by atomic mass is 19.1. The normalized spacial score (nSPS) is 24.9. The van der Waals surface area contributed by atoms with Crippen molar-refractivity contribution in [3.63, 3.8) is 0 Å². The number of allylic oxidation sites excluding steroid dienone is 2. The maximum Gasteiger partial charge on any atom is 0.134 e. The second kappa shape index (κ2) is 12.1. The van der Waals surface area contributed by atoms with E-state index in [1.54, 1.807) is 12.1 Å². The number of aryl methyl sites for hydroxylation is 1. The molecule has 2 heteroatoms. The van der Waals surface area contributed by atoms with Crippen molar-refractivity contribution in [3.8, 4) is 11.1 Å². The predicted molar refractivity (Wildman–Crippen MR) is 140 cm³/mol. The van der Waals surface area contributed by atoms with Crippen LogP contribution in [-0.2, 0) is 6.42 Å². The van der Waals surface area contributed by atoms with Crippen molar-refractivity contribution in [2.75, 3.05) is 0 Å². The molecule has 0 saturated heterocycles. The lowest BCUT2D eigenvalue weighted by atomic mass is 9.63. The van der Waals surface area contributed by atoms with Crippen molar-refractivity contribution in [1.82, 2.24) is 0 Å². The second-order valence-corrected chi connectivity index (χ2v) is 10.9. The van der Waals surface area contributed by atoms with E-state index in [-0.39, 0.29) is 5.56 Å². The molecule has 0 N–H and O–H groups in total. The molecule has 4 unspecified atom stereocenters. The molecule has 4 atom stereocenters. The van der Waals surface area contributed by atoms with Gasteiger partial charge in [0, 0.05) is 0 Å². The molecule has 0 bridgehead atoms. The summed E-state index contributed by atoms with van der Waals surface area (Å²) in [5.74, 6) is 1.94. The van der Waals surface area contributed by atoms with E-state index >= 15 is 8.78 Å². The summed E-state index contributed by atoms with van der Waals surface area (Å²) in [6.45, 7) is 4.30. The zero-order valence-corrected chi connectivity index (χ0v) is 21.2. The quantitative estimate of drug-likeness (QED) is 0.256. The van der Waals surface area contributed by atoms with E-state index in [0.29, 0.717) is 11.5 Å². The van der Waals surface area contributed by atoms with E-state index in [1.807, 2.05) is 37.3 Å². The van der Waals surface area contributed by atoms with Gasteiger partial charge in [-0.3, -0.25) is 0 Å². The van der Waals surface area contributed by atoms with Gasteiger partial charge >= 0.3 is 0 Å². The third kappa shape index (κ3) is 6.18. The molecule has 2 fully saturated rings. The third-order valence-electron chi connectivity index (χ3n) is 8.55. The molecule has 2 aliphatic rings. The maximum atomic E-state index is 15.2. The molecular formula is C32H42F2. The molecule has 0 spiro atoms. The first-order chi connectivity index (χ1) is 16.6. The molecule has 0 aromatic heterocycles. The van der Waals surface area contributed by atoms with E-state index in [0.717, 1.165) is 49.0 Å². The van der Waals surface area contributed by atoms with Crippen LogP contribution in [0.4, 0.5) is 8.78 Å². The Labute approximate surface area is 205 Å². The van der Waals surface area contributed by atoms with Crippen molar-refractivity contribution in [2.45, 2.75) is 96.8 Å². The fourth-order valence-corrected chi connectivity index (χ4v) is 6.59. The van der Waals surface area contributed by atoms with Crippen molar-refractivity contribution in [3.05, 3.63) is 71.3 Å². The molecule has 0 amide bonds. The number of fused-ring (bicyclic) bond motifs is 1. The van der Waals surface area contributed by atoms with Crippen LogP contribution in [0.3, 0.4) is 0 Å². The lowest BCUT2D eigenvalue weighted by molar-refractivity contribution is 0.113. The molecule has 0 nitrogen and oxygen atoms in total. The van der Waals surface area contributed by atoms with Crippen LogP contribution in [0, 0.1) is 29.4 Å². The van der Waals surface area contributed by atoms with Gasteiger partial charge in [0.1, 0.15) is 11.6 Å². The summed E-state index contributed by atoms with van der Waals surface area (Å²) in [4.78, 5) is 0. The van der Waals surface area contributed by atoms with Crippen molar-refractivity contribution < 1.29 is 8.78 Å². The van der Waals surface area contributed by atoms with Crippen molar-refractivity contribution in [1.29, 1.82) is 0 Å². The van der Waals surface area contributed by atoms with E-state index in [4.69, 9.17) is 0 Å². The zero-order chi connectivity index (χ0) is 23.9. The molecular weight excluding hydrogens is 422 g/mol. The molecule has 2 aromatic carbocycles. The van der Waals surface area contributed by atoms with Crippen LogP contribution in [0.25, 0.3) is 11.1 Å². The van der Waals surface area contributed by atoms with Gasteiger partial charge in [0.05, 0.1) is 5.56 Å². The number of hydrogen-bond donors (Lipinski definition) is 0. The van der Waals surface area contributed by atoms with E-state index in [2.05, 4.69) is 13.0 Å². The fourth-order valence-electron chi connectivity index (χ4n) is 6.59. The zero-order valence-electron chi connectivity index (χ0n) is 21.2. The first-order valence-electron chi connectivity index (χ1n) is 13.8. The van der Waals surface area contributed by atoms with Crippen LogP contribution in [0.1, 0.15) is 102 Å². The Kier molecular flexibility index (Phi) is 8.98. The predicted octanol–water partition coefficient (Wildman–Crippen LogP) is 10.0. The SMILES string of the molecule is C/C=C/CCc1ccc(-c2c(F)cc(C3CCC4CC(CCCCC)CCC4C3)cc2F)cc1. The summed E-state index contributed by atoms with van der Waals surface area (Å²) in [6, 6.07) is 10.9. The molecule has 184 valence electrons. The summed E-state index contributed by atoms with van der Waals surface area (Å²) >= 11 is 0. The Morgan fingerprint density at radius 1 is 0.882 bits per heavy atom. The monoisotopic (exact) mass is 464 g/mol. The molecule has 2 aliphatic carbocycles. The van der Waals surface area contributed by atoms with Gasteiger partial charge in [-0.25, -0.2) is 8.78 Å². The Bertz CT molecular complexity index is 919. The van der Waals surface area contributed by atoms with E-state index in [9.17, 15) is 0 Å². The van der Waals surface area contributed by atoms with Gasteiger partial charge in [-0.2, -0.15) is 0 Å². The summed E-state index contributed by atoms with van der Waals surface area (Å²) < 4.78 is 30.4. The van der Waals surface area contributed by atoms with Gasteiger partial charge in [0.25, 0.3) is 0 Å². The molecule has 0 radical (unpaired) electrons. The fraction of sp³-hybridized carbons (Fsp3) is 0.562. The summed E-state index contributed by atoms with van der Waals surface area (Å²) in [5.41, 5.74) is 2.80. The number of benzene rings is 2. The van der Waals surface area contributed by atoms with Crippen LogP contribution in [0.2, 0.25) is 0 Å². The number of halogens is 2. The number of rotatable bonds is 9. The Morgan fingerprint density at radius 3 is 2.29 bits per heavy atom. The minimum absolute atomic E-state index is 0.116. The highest BCUT2D eigenvalue weighted by Crippen LogP contribution is 2.49. The summed E-state index contributed by atoms with van der Waals surface area (Å²) in [7, 11) is 0. The average molecular weight is 465 g/mol. The standard InChI is InChI=1S/C32H42F2/c1-3-5-7-9-23-11-14-25(15-12-23)32-30(33)21-29(22-31(32)34)28-18-17-26-19-24(10-8-6-4-2)13-16-27(26)20-28/h3,5,11-12,14-15,21-22,24,26-28H,4,6-10,13,16-20H2,1-2H3/b5-3+. The van der Waals surface area contributed by atoms with Crippen molar-refractivity contribution in [2.24, 2.45) is 17.8 Å². The average Bonchev–Trinajstić information content (AvgIpc) is 2.84. The summed E-state index contributed by atoms with van der Waals surface area (Å²) in [6.07, 6.45) is 19.0. The number of hydrogen-bond acceptors (Lipinski definition) is 0. The van der Waals surface area contributed by atoms with Gasteiger partial charge in [0.2, 0.25) is 0 Å². The second-order valence-electron chi connectivity index (χ2n) is 10.9. The first kappa shape index (κ1) is 25.1.